The molecule has 6 heteroatoms. The topological polar surface area (TPSA) is 62.7 Å². The number of fused-ring (bicyclic) bond motifs is 1. The van der Waals surface area contributed by atoms with Gasteiger partial charge in [0.05, 0.1) is 24.9 Å². The van der Waals surface area contributed by atoms with Crippen molar-refractivity contribution in [3.05, 3.63) is 23.6 Å². The van der Waals surface area contributed by atoms with Gasteiger partial charge in [0.2, 0.25) is 0 Å². The second kappa shape index (κ2) is 5.36. The zero-order chi connectivity index (χ0) is 14.1. The van der Waals surface area contributed by atoms with E-state index in [0.29, 0.717) is 19.0 Å². The standard InChI is InChI=1S/C14H17FN2O3/c15-9-7-10(14(18)19)13(16-8-9)17-5-6-20-12-4-2-1-3-11(12)17/h7-8,11-12H,1-6H2,(H,18,19). The molecule has 5 nitrogen and oxygen atoms in total. The monoisotopic (exact) mass is 280 g/mol. The molecule has 0 aromatic carbocycles. The summed E-state index contributed by atoms with van der Waals surface area (Å²) >= 11 is 0. The average molecular weight is 280 g/mol. The minimum atomic E-state index is -1.15. The van der Waals surface area contributed by atoms with Crippen LogP contribution in [0.15, 0.2) is 12.3 Å². The van der Waals surface area contributed by atoms with Gasteiger partial charge >= 0.3 is 5.97 Å². The molecule has 20 heavy (non-hydrogen) atoms. The lowest BCUT2D eigenvalue weighted by Crippen LogP contribution is -2.53. The van der Waals surface area contributed by atoms with Crippen molar-refractivity contribution in [3.63, 3.8) is 0 Å². The number of halogens is 1. The van der Waals surface area contributed by atoms with E-state index < -0.39 is 11.8 Å². The summed E-state index contributed by atoms with van der Waals surface area (Å²) < 4.78 is 19.0. The van der Waals surface area contributed by atoms with Crippen molar-refractivity contribution in [2.75, 3.05) is 18.1 Å². The van der Waals surface area contributed by atoms with Crippen LogP contribution in [0.4, 0.5) is 10.2 Å². The predicted molar refractivity (Wildman–Crippen MR) is 70.5 cm³/mol. The van der Waals surface area contributed by atoms with Gasteiger partial charge in [0.15, 0.2) is 0 Å². The summed E-state index contributed by atoms with van der Waals surface area (Å²) in [6, 6.07) is 1.19. The first-order valence-corrected chi connectivity index (χ1v) is 6.94. The first-order chi connectivity index (χ1) is 9.66. The van der Waals surface area contributed by atoms with Crippen molar-refractivity contribution in [3.8, 4) is 0 Å². The Hall–Kier alpha value is -1.69. The number of hydrogen-bond acceptors (Lipinski definition) is 4. The molecule has 1 aliphatic carbocycles. The molecule has 2 heterocycles. The van der Waals surface area contributed by atoms with E-state index in [1.54, 1.807) is 0 Å². The lowest BCUT2D eigenvalue weighted by Gasteiger charge is -2.44. The van der Waals surface area contributed by atoms with Gasteiger partial charge in [0, 0.05) is 6.54 Å². The number of anilines is 1. The van der Waals surface area contributed by atoms with Crippen LogP contribution in [-0.2, 0) is 4.74 Å². The number of aromatic carboxylic acids is 1. The smallest absolute Gasteiger partial charge is 0.339 e. The van der Waals surface area contributed by atoms with Crippen LogP contribution in [-0.4, -0.2) is 41.4 Å². The van der Waals surface area contributed by atoms with Crippen LogP contribution >= 0.6 is 0 Å². The molecule has 1 aliphatic heterocycles. The van der Waals surface area contributed by atoms with Crippen molar-refractivity contribution in [2.24, 2.45) is 0 Å². The predicted octanol–water partition coefficient (Wildman–Crippen LogP) is 2.07. The van der Waals surface area contributed by atoms with Gasteiger partial charge in [-0.05, 0) is 18.9 Å². The Labute approximate surface area is 116 Å². The third-order valence-corrected chi connectivity index (χ3v) is 4.07. The molecule has 3 rings (SSSR count). The van der Waals surface area contributed by atoms with Crippen LogP contribution in [0.1, 0.15) is 36.0 Å². The molecule has 2 fully saturated rings. The number of pyridine rings is 1. The van der Waals surface area contributed by atoms with Crippen LogP contribution in [0.25, 0.3) is 0 Å². The third-order valence-electron chi connectivity index (χ3n) is 4.07. The van der Waals surface area contributed by atoms with Crippen LogP contribution in [0, 0.1) is 5.82 Å². The number of carboxylic acid groups (broad SMARTS) is 1. The molecule has 2 unspecified atom stereocenters. The highest BCUT2D eigenvalue weighted by Crippen LogP contribution is 2.32. The molecule has 1 aromatic rings. The fraction of sp³-hybridized carbons (Fsp3) is 0.571. The van der Waals surface area contributed by atoms with E-state index in [1.807, 2.05) is 4.90 Å². The second-order valence-electron chi connectivity index (χ2n) is 5.28. The Kier molecular flexibility index (Phi) is 3.56. The highest BCUT2D eigenvalue weighted by Gasteiger charge is 2.36. The number of rotatable bonds is 2. The third kappa shape index (κ3) is 2.35. The number of hydrogen-bond donors (Lipinski definition) is 1. The fourth-order valence-corrected chi connectivity index (χ4v) is 3.18. The Morgan fingerprint density at radius 1 is 1.45 bits per heavy atom. The maximum atomic E-state index is 13.2. The lowest BCUT2D eigenvalue weighted by molar-refractivity contribution is -0.00910. The van der Waals surface area contributed by atoms with E-state index in [2.05, 4.69) is 4.98 Å². The molecule has 1 saturated heterocycles. The molecule has 1 saturated carbocycles. The van der Waals surface area contributed by atoms with Crippen LogP contribution < -0.4 is 4.90 Å². The Bertz CT molecular complexity index is 521. The van der Waals surface area contributed by atoms with Crippen LogP contribution in [0.3, 0.4) is 0 Å². The largest absolute Gasteiger partial charge is 0.478 e. The minimum Gasteiger partial charge on any atom is -0.478 e. The first-order valence-electron chi connectivity index (χ1n) is 6.94. The maximum absolute atomic E-state index is 13.2. The Morgan fingerprint density at radius 3 is 3.05 bits per heavy atom. The van der Waals surface area contributed by atoms with Crippen molar-refractivity contribution >= 4 is 11.8 Å². The highest BCUT2D eigenvalue weighted by molar-refractivity contribution is 5.93. The molecule has 0 bridgehead atoms. The van der Waals surface area contributed by atoms with Gasteiger partial charge in [0.1, 0.15) is 17.2 Å². The zero-order valence-corrected chi connectivity index (χ0v) is 11.1. The number of morpholine rings is 1. The number of ether oxygens (including phenoxy) is 1. The molecule has 0 spiro atoms. The molecule has 1 N–H and O–H groups in total. The Morgan fingerprint density at radius 2 is 2.25 bits per heavy atom. The summed E-state index contributed by atoms with van der Waals surface area (Å²) in [6.45, 7) is 1.15. The number of nitrogens with zero attached hydrogens (tertiary/aromatic N) is 2. The minimum absolute atomic E-state index is 0.0729. The first kappa shape index (κ1) is 13.3. The lowest BCUT2D eigenvalue weighted by atomic mass is 9.90. The van der Waals surface area contributed by atoms with E-state index in [0.717, 1.165) is 37.9 Å². The number of carboxylic acids is 1. The molecule has 0 amide bonds. The van der Waals surface area contributed by atoms with E-state index in [4.69, 9.17) is 4.74 Å². The average Bonchev–Trinajstić information content (AvgIpc) is 2.46. The van der Waals surface area contributed by atoms with Gasteiger partial charge in [-0.3, -0.25) is 0 Å². The van der Waals surface area contributed by atoms with Crippen molar-refractivity contribution < 1.29 is 19.0 Å². The van der Waals surface area contributed by atoms with Crippen LogP contribution in [0.2, 0.25) is 0 Å². The van der Waals surface area contributed by atoms with Gasteiger partial charge in [0.25, 0.3) is 0 Å². The zero-order valence-electron chi connectivity index (χ0n) is 11.1. The van der Waals surface area contributed by atoms with Gasteiger partial charge in [-0.25, -0.2) is 14.2 Å². The van der Waals surface area contributed by atoms with Gasteiger partial charge in [-0.15, -0.1) is 0 Å². The molecular weight excluding hydrogens is 263 g/mol. The Balaban J connectivity index is 1.96. The second-order valence-corrected chi connectivity index (χ2v) is 5.28. The molecule has 2 aliphatic rings. The summed E-state index contributed by atoms with van der Waals surface area (Å²) in [7, 11) is 0. The fourth-order valence-electron chi connectivity index (χ4n) is 3.18. The molecule has 108 valence electrons. The highest BCUT2D eigenvalue weighted by atomic mass is 19.1. The molecule has 0 radical (unpaired) electrons. The number of carbonyl (C=O) groups is 1. The molecular formula is C14H17FN2O3. The molecule has 1 aromatic heterocycles. The number of aromatic nitrogens is 1. The van der Waals surface area contributed by atoms with Crippen molar-refractivity contribution in [2.45, 2.75) is 37.8 Å². The van der Waals surface area contributed by atoms with Gasteiger partial charge in [-0.1, -0.05) is 12.8 Å². The van der Waals surface area contributed by atoms with Crippen molar-refractivity contribution in [1.29, 1.82) is 0 Å². The van der Waals surface area contributed by atoms with E-state index in [9.17, 15) is 14.3 Å². The van der Waals surface area contributed by atoms with E-state index in [-0.39, 0.29) is 17.7 Å². The van der Waals surface area contributed by atoms with E-state index >= 15 is 0 Å². The van der Waals surface area contributed by atoms with Gasteiger partial charge in [-0.2, -0.15) is 0 Å². The summed E-state index contributed by atoms with van der Waals surface area (Å²) in [4.78, 5) is 17.3. The summed E-state index contributed by atoms with van der Waals surface area (Å²) in [5.41, 5.74) is -0.0729. The maximum Gasteiger partial charge on any atom is 0.339 e. The summed E-state index contributed by atoms with van der Waals surface area (Å²) in [5.74, 6) is -1.41. The normalized spacial score (nSPS) is 26.1. The summed E-state index contributed by atoms with van der Waals surface area (Å²) in [6.07, 6.45) is 5.40. The van der Waals surface area contributed by atoms with Gasteiger partial charge < -0.3 is 14.7 Å². The SMILES string of the molecule is O=C(O)c1cc(F)cnc1N1CCOC2CCCCC21. The van der Waals surface area contributed by atoms with Crippen LogP contribution in [0.5, 0.6) is 0 Å². The summed E-state index contributed by atoms with van der Waals surface area (Å²) in [5, 5.41) is 9.25. The van der Waals surface area contributed by atoms with Crippen molar-refractivity contribution in [1.82, 2.24) is 4.98 Å². The van der Waals surface area contributed by atoms with E-state index in [1.165, 1.54) is 0 Å². The quantitative estimate of drug-likeness (QED) is 0.898. The molecule has 2 atom stereocenters.